The molecule has 2 amide bonds. The second-order valence-corrected chi connectivity index (χ2v) is 9.85. The molecule has 1 saturated heterocycles. The molecule has 2 atom stereocenters. The van der Waals surface area contributed by atoms with E-state index < -0.39 is 0 Å². The highest BCUT2D eigenvalue weighted by molar-refractivity contribution is 7.11. The molecule has 1 N–H and O–H groups in total. The van der Waals surface area contributed by atoms with Crippen molar-refractivity contribution in [3.63, 3.8) is 0 Å². The number of rotatable bonds is 3. The molecule has 0 aromatic carbocycles. The number of allylic oxidation sites excluding steroid dienone is 1. The third-order valence-corrected chi connectivity index (χ3v) is 7.64. The molecule has 154 valence electrons. The highest BCUT2D eigenvalue weighted by Gasteiger charge is 2.46. The minimum Gasteiger partial charge on any atom is -0.338 e. The summed E-state index contributed by atoms with van der Waals surface area (Å²) < 4.78 is 0. The molecule has 4 heterocycles. The lowest BCUT2D eigenvalue weighted by molar-refractivity contribution is -0.125. The molecule has 30 heavy (non-hydrogen) atoms. The topological polar surface area (TPSA) is 62.3 Å². The Labute approximate surface area is 180 Å². The lowest BCUT2D eigenvalue weighted by atomic mass is 9.83. The quantitative estimate of drug-likeness (QED) is 0.755. The Morgan fingerprint density at radius 3 is 3.00 bits per heavy atom. The third kappa shape index (κ3) is 3.49. The number of carbonyl (C=O) groups excluding carboxylic acids is 2. The summed E-state index contributed by atoms with van der Waals surface area (Å²) in [7, 11) is 0. The summed E-state index contributed by atoms with van der Waals surface area (Å²) in [4.78, 5) is 32.0. The Morgan fingerprint density at radius 2 is 2.23 bits per heavy atom. The van der Waals surface area contributed by atoms with Gasteiger partial charge in [0.25, 0.3) is 0 Å². The van der Waals surface area contributed by atoms with E-state index in [0.29, 0.717) is 24.6 Å². The maximum atomic E-state index is 12.8. The predicted molar refractivity (Wildman–Crippen MR) is 120 cm³/mol. The predicted octanol–water partition coefficient (Wildman–Crippen LogP) is 4.30. The van der Waals surface area contributed by atoms with E-state index in [0.717, 1.165) is 30.6 Å². The molecule has 3 aliphatic rings. The van der Waals surface area contributed by atoms with Crippen LogP contribution in [0.15, 0.2) is 35.9 Å². The lowest BCUT2D eigenvalue weighted by Gasteiger charge is -2.20. The molecular weight excluding hydrogens is 394 g/mol. The molecule has 5 rings (SSSR count). The zero-order valence-electron chi connectivity index (χ0n) is 17.3. The van der Waals surface area contributed by atoms with Crippen molar-refractivity contribution in [2.75, 3.05) is 18.4 Å². The summed E-state index contributed by atoms with van der Waals surface area (Å²) in [6, 6.07) is 4.27. The van der Waals surface area contributed by atoms with Gasteiger partial charge in [-0.3, -0.25) is 9.59 Å². The van der Waals surface area contributed by atoms with Gasteiger partial charge in [0.2, 0.25) is 11.8 Å². The number of hydrogen-bond acceptors (Lipinski definition) is 4. The van der Waals surface area contributed by atoms with Crippen molar-refractivity contribution in [2.45, 2.75) is 33.1 Å². The number of aryl methyl sites for hydroxylation is 2. The molecule has 2 aromatic heterocycles. The number of nitrogens with one attached hydrogen (secondary N) is 1. The maximum absolute atomic E-state index is 12.8. The summed E-state index contributed by atoms with van der Waals surface area (Å²) in [6.45, 7) is 5.99. The lowest BCUT2D eigenvalue weighted by Crippen LogP contribution is -2.29. The van der Waals surface area contributed by atoms with Crippen LogP contribution in [0.25, 0.3) is 11.6 Å². The van der Waals surface area contributed by atoms with Crippen LogP contribution in [0.1, 0.15) is 41.3 Å². The van der Waals surface area contributed by atoms with Crippen molar-refractivity contribution in [1.82, 2.24) is 9.88 Å². The monoisotopic (exact) mass is 419 g/mol. The third-order valence-electron chi connectivity index (χ3n) is 6.52. The highest BCUT2D eigenvalue weighted by atomic mass is 32.1. The van der Waals surface area contributed by atoms with Crippen LogP contribution in [-0.2, 0) is 16.0 Å². The molecule has 2 aliphatic heterocycles. The Balaban J connectivity index is 1.26. The summed E-state index contributed by atoms with van der Waals surface area (Å²) >= 11 is 1.82. The van der Waals surface area contributed by atoms with Crippen LogP contribution in [0.4, 0.5) is 5.82 Å². The van der Waals surface area contributed by atoms with Crippen molar-refractivity contribution in [1.29, 1.82) is 0 Å². The Bertz CT molecular complexity index is 1100. The van der Waals surface area contributed by atoms with Gasteiger partial charge in [0.05, 0.1) is 0 Å². The van der Waals surface area contributed by atoms with Gasteiger partial charge in [0.1, 0.15) is 5.82 Å². The first-order chi connectivity index (χ1) is 14.4. The molecule has 2 aromatic rings. The van der Waals surface area contributed by atoms with Crippen molar-refractivity contribution < 1.29 is 9.59 Å². The number of thiophene rings is 1. The zero-order valence-corrected chi connectivity index (χ0v) is 18.1. The summed E-state index contributed by atoms with van der Waals surface area (Å²) in [6.07, 6.45) is 9.81. The fraction of sp³-hybridized carbons (Fsp3) is 0.375. The van der Waals surface area contributed by atoms with Gasteiger partial charge < -0.3 is 10.2 Å². The molecular formula is C24H25N3O2S. The van der Waals surface area contributed by atoms with Gasteiger partial charge in [-0.2, -0.15) is 0 Å². The summed E-state index contributed by atoms with van der Waals surface area (Å²) in [5, 5.41) is 4.99. The molecule has 0 spiro atoms. The Kier molecular flexibility index (Phi) is 4.62. The number of aromatic nitrogens is 1. The number of amides is 2. The van der Waals surface area contributed by atoms with Crippen LogP contribution in [0.5, 0.6) is 0 Å². The molecule has 0 radical (unpaired) electrons. The summed E-state index contributed by atoms with van der Waals surface area (Å²) in [5.41, 5.74) is 4.73. The number of carbonyl (C=O) groups is 2. The minimum absolute atomic E-state index is 0.00738. The van der Waals surface area contributed by atoms with Gasteiger partial charge in [0.15, 0.2) is 0 Å². The van der Waals surface area contributed by atoms with E-state index in [9.17, 15) is 9.59 Å². The van der Waals surface area contributed by atoms with Crippen molar-refractivity contribution in [2.24, 2.45) is 11.3 Å². The molecule has 1 fully saturated rings. The smallest absolute Gasteiger partial charge is 0.246 e. The van der Waals surface area contributed by atoms with E-state index in [2.05, 4.69) is 41.7 Å². The van der Waals surface area contributed by atoms with E-state index >= 15 is 0 Å². The number of pyridine rings is 1. The van der Waals surface area contributed by atoms with Crippen LogP contribution >= 0.6 is 11.3 Å². The van der Waals surface area contributed by atoms with E-state index in [1.54, 1.807) is 12.3 Å². The van der Waals surface area contributed by atoms with E-state index in [1.807, 2.05) is 28.4 Å². The fourth-order valence-corrected chi connectivity index (χ4v) is 5.77. The van der Waals surface area contributed by atoms with Gasteiger partial charge in [0, 0.05) is 42.1 Å². The minimum atomic E-state index is 0.00738. The van der Waals surface area contributed by atoms with Gasteiger partial charge in [-0.1, -0.05) is 13.0 Å². The van der Waals surface area contributed by atoms with Crippen LogP contribution < -0.4 is 5.32 Å². The first-order valence-electron chi connectivity index (χ1n) is 10.4. The van der Waals surface area contributed by atoms with Crippen molar-refractivity contribution in [3.8, 4) is 0 Å². The zero-order chi connectivity index (χ0) is 20.9. The van der Waals surface area contributed by atoms with Gasteiger partial charge in [-0.05, 0) is 71.5 Å². The SMILES string of the molecule is Cc1csc(C2=CC3(C)CN(C(=O)/C=C/c4cnc5c(c4)CCC(=O)N5)CC3C2)c1. The molecule has 5 nitrogen and oxygen atoms in total. The first-order valence-corrected chi connectivity index (χ1v) is 11.3. The van der Waals surface area contributed by atoms with E-state index in [4.69, 9.17) is 0 Å². The average molecular weight is 420 g/mol. The van der Waals surface area contributed by atoms with Crippen LogP contribution in [0, 0.1) is 18.3 Å². The average Bonchev–Trinajstić information content (AvgIpc) is 3.37. The second-order valence-electron chi connectivity index (χ2n) is 8.94. The number of likely N-dealkylation sites (tertiary alicyclic amines) is 1. The molecule has 0 bridgehead atoms. The highest BCUT2D eigenvalue weighted by Crippen LogP contribution is 2.50. The largest absolute Gasteiger partial charge is 0.338 e. The number of anilines is 1. The van der Waals surface area contributed by atoms with Crippen LogP contribution in [0.2, 0.25) is 0 Å². The van der Waals surface area contributed by atoms with Gasteiger partial charge >= 0.3 is 0 Å². The van der Waals surface area contributed by atoms with Crippen LogP contribution in [0.3, 0.4) is 0 Å². The summed E-state index contributed by atoms with van der Waals surface area (Å²) in [5.74, 6) is 1.19. The fourth-order valence-electron chi connectivity index (χ4n) is 4.84. The van der Waals surface area contributed by atoms with Crippen LogP contribution in [-0.4, -0.2) is 34.8 Å². The van der Waals surface area contributed by atoms with E-state index in [-0.39, 0.29) is 17.2 Å². The molecule has 6 heteroatoms. The maximum Gasteiger partial charge on any atom is 0.246 e. The molecule has 0 saturated carbocycles. The standard InChI is InChI=1S/C24H25N3O2S/c1-15-7-20(30-13-15)18-9-19-12-27(14-24(19,2)10-18)22(29)6-3-16-8-17-4-5-21(28)26-23(17)25-11-16/h3,6-8,10-11,13,19H,4-5,9,12,14H2,1-2H3,(H,25,26,28)/b6-3+. The number of fused-ring (bicyclic) bond motifs is 2. The number of nitrogens with zero attached hydrogens (tertiary/aromatic N) is 2. The normalized spacial score (nSPS) is 25.3. The van der Waals surface area contributed by atoms with Crippen molar-refractivity contribution in [3.05, 3.63) is 57.4 Å². The molecule has 1 aliphatic carbocycles. The second kappa shape index (κ2) is 7.20. The van der Waals surface area contributed by atoms with Crippen molar-refractivity contribution >= 4 is 40.6 Å². The van der Waals surface area contributed by atoms with Gasteiger partial charge in [-0.15, -0.1) is 11.3 Å². The van der Waals surface area contributed by atoms with Gasteiger partial charge in [-0.25, -0.2) is 4.98 Å². The van der Waals surface area contributed by atoms with E-state index in [1.165, 1.54) is 16.0 Å². The molecule has 2 unspecified atom stereocenters. The Hall–Kier alpha value is -2.73. The number of hydrogen-bond donors (Lipinski definition) is 1. The first kappa shape index (κ1) is 19.2. The Morgan fingerprint density at radius 1 is 1.37 bits per heavy atom.